The molecule has 0 saturated heterocycles. The third kappa shape index (κ3) is 4.11. The highest BCUT2D eigenvalue weighted by Gasteiger charge is 2.35. The van der Waals surface area contributed by atoms with Gasteiger partial charge >= 0.3 is 0 Å². The van der Waals surface area contributed by atoms with Gasteiger partial charge in [-0.05, 0) is 35.8 Å². The highest BCUT2D eigenvalue weighted by atomic mass is 35.5. The first-order chi connectivity index (χ1) is 8.68. The molecule has 102 valence electrons. The zero-order valence-corrected chi connectivity index (χ0v) is 13.6. The van der Waals surface area contributed by atoms with Gasteiger partial charge in [-0.3, -0.25) is 0 Å². The zero-order chi connectivity index (χ0) is 13.4. The highest BCUT2D eigenvalue weighted by Crippen LogP contribution is 2.22. The quantitative estimate of drug-likeness (QED) is 0.627. The number of hydrogen-bond donors (Lipinski definition) is 0. The number of rotatable bonds is 8. The molecule has 0 N–H and O–H groups in total. The average Bonchev–Trinajstić information content (AvgIpc) is 2.37. The van der Waals surface area contributed by atoms with Crippen molar-refractivity contribution in [2.24, 2.45) is 0 Å². The van der Waals surface area contributed by atoms with Crippen LogP contribution in [-0.2, 0) is 4.43 Å². The van der Waals surface area contributed by atoms with Gasteiger partial charge in [0.05, 0.1) is 0 Å². The Labute approximate surface area is 118 Å². The van der Waals surface area contributed by atoms with Gasteiger partial charge in [0, 0.05) is 11.6 Å². The van der Waals surface area contributed by atoms with Crippen molar-refractivity contribution in [1.82, 2.24) is 0 Å². The maximum absolute atomic E-state index is 6.38. The second-order valence-electron chi connectivity index (χ2n) is 4.85. The Kier molecular flexibility index (Phi) is 6.98. The number of hydrogen-bond acceptors (Lipinski definition) is 1. The third-order valence-corrected chi connectivity index (χ3v) is 8.27. The summed E-state index contributed by atoms with van der Waals surface area (Å²) >= 11 is 5.99. The zero-order valence-electron chi connectivity index (χ0n) is 11.8. The monoisotopic (exact) mass is 284 g/mol. The topological polar surface area (TPSA) is 9.23 Å². The summed E-state index contributed by atoms with van der Waals surface area (Å²) in [5.41, 5.74) is 0. The molecule has 0 bridgehead atoms. The largest absolute Gasteiger partial charge is 0.412 e. The average molecular weight is 285 g/mol. The van der Waals surface area contributed by atoms with Crippen molar-refractivity contribution in [2.75, 3.05) is 6.61 Å². The molecule has 0 aromatic heterocycles. The summed E-state index contributed by atoms with van der Waals surface area (Å²) in [7, 11) is -1.77. The van der Waals surface area contributed by atoms with Gasteiger partial charge in [-0.25, -0.2) is 0 Å². The molecule has 1 aromatic carbocycles. The molecule has 3 heteroatoms. The van der Waals surface area contributed by atoms with Gasteiger partial charge in [0.15, 0.2) is 0 Å². The van der Waals surface area contributed by atoms with Crippen LogP contribution >= 0.6 is 11.6 Å². The number of halogens is 1. The summed E-state index contributed by atoms with van der Waals surface area (Å²) in [6.07, 6.45) is 3.48. The van der Waals surface area contributed by atoms with Crippen LogP contribution in [0.2, 0.25) is 17.1 Å². The summed E-state index contributed by atoms with van der Waals surface area (Å²) in [5.74, 6) is 0. The second kappa shape index (κ2) is 7.98. The molecule has 1 aromatic rings. The van der Waals surface area contributed by atoms with Crippen molar-refractivity contribution in [1.29, 1.82) is 0 Å². The Balaban J connectivity index is 3.01. The lowest BCUT2D eigenvalue weighted by atomic mass is 10.4. The maximum atomic E-state index is 6.38. The van der Waals surface area contributed by atoms with Crippen molar-refractivity contribution in [3.63, 3.8) is 0 Å². The lowest BCUT2D eigenvalue weighted by molar-refractivity contribution is 0.305. The van der Waals surface area contributed by atoms with Gasteiger partial charge in [0.2, 0.25) is 8.32 Å². The van der Waals surface area contributed by atoms with Crippen molar-refractivity contribution < 1.29 is 4.43 Å². The fourth-order valence-electron chi connectivity index (χ4n) is 2.50. The van der Waals surface area contributed by atoms with Gasteiger partial charge in [0.1, 0.15) is 0 Å². The van der Waals surface area contributed by atoms with Crippen molar-refractivity contribution >= 4 is 25.1 Å². The normalized spacial score (nSPS) is 11.8. The molecule has 0 saturated carbocycles. The van der Waals surface area contributed by atoms with Crippen molar-refractivity contribution in [2.45, 2.75) is 52.1 Å². The predicted octanol–water partition coefficient (Wildman–Crippen LogP) is 4.74. The van der Waals surface area contributed by atoms with E-state index in [0.717, 1.165) is 18.1 Å². The maximum Gasteiger partial charge on any atom is 0.224 e. The Hall–Kier alpha value is -0.313. The van der Waals surface area contributed by atoms with Crippen LogP contribution in [0.5, 0.6) is 0 Å². The first kappa shape index (κ1) is 15.7. The van der Waals surface area contributed by atoms with E-state index in [1.807, 2.05) is 12.1 Å². The molecule has 0 spiro atoms. The minimum atomic E-state index is -1.77. The van der Waals surface area contributed by atoms with Gasteiger partial charge in [-0.15, -0.1) is 0 Å². The van der Waals surface area contributed by atoms with E-state index in [-0.39, 0.29) is 0 Å². The molecule has 0 unspecified atom stereocenters. The lowest BCUT2D eigenvalue weighted by Gasteiger charge is -2.31. The first-order valence-electron chi connectivity index (χ1n) is 7.08. The highest BCUT2D eigenvalue weighted by molar-refractivity contribution is 6.86. The molecule has 0 aliphatic heterocycles. The van der Waals surface area contributed by atoms with Crippen molar-refractivity contribution in [3.8, 4) is 0 Å². The molecule has 0 amide bonds. The summed E-state index contributed by atoms with van der Waals surface area (Å²) in [6.45, 7) is 7.57. The minimum Gasteiger partial charge on any atom is -0.412 e. The second-order valence-corrected chi connectivity index (χ2v) is 9.14. The molecule has 18 heavy (non-hydrogen) atoms. The van der Waals surface area contributed by atoms with E-state index in [1.165, 1.54) is 30.1 Å². The van der Waals surface area contributed by atoms with Crippen LogP contribution in [-0.4, -0.2) is 14.9 Å². The Morgan fingerprint density at radius 3 is 1.94 bits per heavy atom. The van der Waals surface area contributed by atoms with Crippen LogP contribution in [0.25, 0.3) is 0 Å². The predicted molar refractivity (Wildman–Crippen MR) is 83.3 cm³/mol. The molecule has 1 rings (SSSR count). The van der Waals surface area contributed by atoms with Crippen LogP contribution in [0.1, 0.15) is 40.0 Å². The van der Waals surface area contributed by atoms with Crippen LogP contribution in [0.15, 0.2) is 24.3 Å². The molecular formula is C15H25ClOSi. The third-order valence-electron chi connectivity index (χ3n) is 3.26. The van der Waals surface area contributed by atoms with Crippen LogP contribution < -0.4 is 5.19 Å². The van der Waals surface area contributed by atoms with E-state index in [0.29, 0.717) is 0 Å². The van der Waals surface area contributed by atoms with Crippen molar-refractivity contribution in [3.05, 3.63) is 29.3 Å². The molecule has 0 aliphatic carbocycles. The molecular weight excluding hydrogens is 260 g/mol. The Bertz CT molecular complexity index is 331. The van der Waals surface area contributed by atoms with Gasteiger partial charge in [-0.1, -0.05) is 57.3 Å². The summed E-state index contributed by atoms with van der Waals surface area (Å²) in [5, 5.41) is 2.22. The molecule has 0 heterocycles. The Morgan fingerprint density at radius 2 is 1.50 bits per heavy atom. The fourth-order valence-corrected chi connectivity index (χ4v) is 6.89. The van der Waals surface area contributed by atoms with E-state index in [2.05, 4.69) is 32.9 Å². The summed E-state index contributed by atoms with van der Waals surface area (Å²) < 4.78 is 6.38. The Morgan fingerprint density at radius 1 is 0.944 bits per heavy atom. The molecule has 0 aliphatic rings. The summed E-state index contributed by atoms with van der Waals surface area (Å²) in [6, 6.07) is 10.8. The summed E-state index contributed by atoms with van der Waals surface area (Å²) in [4.78, 5) is 0. The molecule has 1 nitrogen and oxygen atoms in total. The van der Waals surface area contributed by atoms with E-state index < -0.39 is 8.32 Å². The molecule has 0 atom stereocenters. The lowest BCUT2D eigenvalue weighted by Crippen LogP contribution is -2.50. The fraction of sp³-hybridized carbons (Fsp3) is 0.600. The minimum absolute atomic E-state index is 0.810. The van der Waals surface area contributed by atoms with E-state index in [4.69, 9.17) is 16.0 Å². The molecule has 0 radical (unpaired) electrons. The van der Waals surface area contributed by atoms with E-state index in [9.17, 15) is 0 Å². The smallest absolute Gasteiger partial charge is 0.224 e. The molecule has 0 fully saturated rings. The van der Waals surface area contributed by atoms with Gasteiger partial charge in [-0.2, -0.15) is 0 Å². The van der Waals surface area contributed by atoms with Gasteiger partial charge in [0.25, 0.3) is 0 Å². The van der Waals surface area contributed by atoms with Gasteiger partial charge < -0.3 is 4.43 Å². The van der Waals surface area contributed by atoms with Crippen LogP contribution in [0, 0.1) is 0 Å². The van der Waals surface area contributed by atoms with Crippen LogP contribution in [0.3, 0.4) is 0 Å². The van der Waals surface area contributed by atoms with E-state index >= 15 is 0 Å². The standard InChI is InChI=1S/C15H25ClOSi/c1-4-11-17-18(12-5-2,13-6-3)15-9-7-14(16)8-10-15/h7-10H,4-6,11-13H2,1-3H3. The first-order valence-corrected chi connectivity index (χ1v) is 9.78. The number of benzene rings is 1. The van der Waals surface area contributed by atoms with Crippen LogP contribution in [0.4, 0.5) is 0 Å². The SMILES string of the molecule is CCCO[Si](CCC)(CCC)c1ccc(Cl)cc1. The van der Waals surface area contributed by atoms with E-state index in [1.54, 1.807) is 0 Å².